The van der Waals surface area contributed by atoms with Crippen molar-refractivity contribution in [2.24, 2.45) is 0 Å². The summed E-state index contributed by atoms with van der Waals surface area (Å²) in [5, 5.41) is 10.2. The topological polar surface area (TPSA) is 58.2 Å². The molecule has 0 bridgehead atoms. The molecule has 0 aliphatic carbocycles. The molecule has 0 aliphatic rings. The smallest absolute Gasteiger partial charge is 0.205 e. The molecule has 0 spiro atoms. The first-order chi connectivity index (χ1) is 21.6. The van der Waals surface area contributed by atoms with E-state index in [9.17, 15) is 0 Å². The Balaban J connectivity index is 1.56. The number of hydrogen-bond acceptors (Lipinski definition) is 2. The first-order valence-corrected chi connectivity index (χ1v) is 18.1. The Morgan fingerprint density at radius 2 is 0.523 bits per heavy atom. The van der Waals surface area contributed by atoms with Crippen molar-refractivity contribution in [3.05, 3.63) is 193 Å². The van der Waals surface area contributed by atoms with E-state index in [1.807, 2.05) is 182 Å². The van der Waals surface area contributed by atoms with Crippen LogP contribution in [0.5, 0.6) is 0 Å². The Bertz CT molecular complexity index is 1630. The molecular formula is C38H34N2O2P2. The lowest BCUT2D eigenvalue weighted by Gasteiger charge is -2.36. The van der Waals surface area contributed by atoms with Gasteiger partial charge in [-0.05, 0) is 59.7 Å². The summed E-state index contributed by atoms with van der Waals surface area (Å²) in [6.07, 6.45) is 0. The van der Waals surface area contributed by atoms with Gasteiger partial charge in [0.05, 0.1) is 12.1 Å². The monoisotopic (exact) mass is 612 g/mol. The molecule has 0 aromatic heterocycles. The van der Waals surface area contributed by atoms with Gasteiger partial charge in [0.1, 0.15) is 0 Å². The molecular weight excluding hydrogens is 578 g/mol. The summed E-state index contributed by atoms with van der Waals surface area (Å²) in [6.45, 7) is 0. The minimum absolute atomic E-state index is 0.536. The molecule has 218 valence electrons. The molecule has 6 aromatic carbocycles. The fraction of sp³-hybridized carbons (Fsp3) is 0.0526. The third-order valence-corrected chi connectivity index (χ3v) is 13.2. The van der Waals surface area contributed by atoms with E-state index in [1.165, 1.54) is 0 Å². The molecule has 0 radical (unpaired) electrons. The van der Waals surface area contributed by atoms with Gasteiger partial charge in [-0.3, -0.25) is 19.3 Å². The highest BCUT2D eigenvalue weighted by molar-refractivity contribution is 7.77. The lowest BCUT2D eigenvalue weighted by molar-refractivity contribution is 0.475. The second-order valence-corrected chi connectivity index (χ2v) is 15.6. The van der Waals surface area contributed by atoms with Crippen LogP contribution in [-0.2, 0) is 9.13 Å². The molecule has 2 N–H and O–H groups in total. The Labute approximate surface area is 259 Å². The van der Waals surface area contributed by atoms with E-state index in [2.05, 4.69) is 10.2 Å². The molecule has 4 nitrogen and oxygen atoms in total. The highest BCUT2D eigenvalue weighted by Crippen LogP contribution is 2.49. The zero-order valence-corrected chi connectivity index (χ0v) is 26.0. The minimum atomic E-state index is -3.41. The van der Waals surface area contributed by atoms with Crippen LogP contribution in [0.3, 0.4) is 0 Å². The minimum Gasteiger partial charge on any atom is -0.297 e. The van der Waals surface area contributed by atoms with E-state index in [0.717, 1.165) is 11.1 Å². The molecule has 0 aliphatic heterocycles. The van der Waals surface area contributed by atoms with Gasteiger partial charge in [0, 0.05) is 21.2 Å². The summed E-state index contributed by atoms with van der Waals surface area (Å²) in [7, 11) is -6.82. The Hall–Kier alpha value is -4.30. The molecule has 0 saturated carbocycles. The van der Waals surface area contributed by atoms with Crippen LogP contribution >= 0.6 is 14.6 Å². The first-order valence-electron chi connectivity index (χ1n) is 14.7. The largest absolute Gasteiger partial charge is 0.297 e. The van der Waals surface area contributed by atoms with Gasteiger partial charge in [-0.25, -0.2) is 0 Å². The van der Waals surface area contributed by atoms with E-state index >= 15 is 9.13 Å². The summed E-state index contributed by atoms with van der Waals surface area (Å²) in [4.78, 5) is 0. The van der Waals surface area contributed by atoms with Crippen molar-refractivity contribution in [1.82, 2.24) is 10.2 Å². The van der Waals surface area contributed by atoms with E-state index in [4.69, 9.17) is 0 Å². The molecule has 6 heteroatoms. The highest BCUT2D eigenvalue weighted by Gasteiger charge is 2.39. The van der Waals surface area contributed by atoms with Crippen LogP contribution in [0, 0.1) is 0 Å². The fourth-order valence-electron chi connectivity index (χ4n) is 5.54. The van der Waals surface area contributed by atoms with E-state index in [0.29, 0.717) is 21.2 Å². The van der Waals surface area contributed by atoms with Crippen molar-refractivity contribution >= 4 is 35.8 Å². The third-order valence-electron chi connectivity index (χ3n) is 7.77. The zero-order chi connectivity index (χ0) is 30.2. The van der Waals surface area contributed by atoms with Crippen LogP contribution < -0.4 is 31.4 Å². The molecule has 0 heterocycles. The van der Waals surface area contributed by atoms with Crippen molar-refractivity contribution in [2.45, 2.75) is 12.1 Å². The van der Waals surface area contributed by atoms with Gasteiger partial charge in [0.2, 0.25) is 14.6 Å². The average Bonchev–Trinajstić information content (AvgIpc) is 3.12. The maximum absolute atomic E-state index is 15.4. The second kappa shape index (κ2) is 13.6. The van der Waals surface area contributed by atoms with Crippen molar-refractivity contribution in [3.8, 4) is 0 Å². The van der Waals surface area contributed by atoms with E-state index in [-0.39, 0.29) is 0 Å². The van der Waals surface area contributed by atoms with Crippen LogP contribution in [0.25, 0.3) is 0 Å². The number of benzene rings is 6. The van der Waals surface area contributed by atoms with E-state index < -0.39 is 26.7 Å². The summed E-state index contributed by atoms with van der Waals surface area (Å²) in [5.41, 5.74) is 1.85. The molecule has 44 heavy (non-hydrogen) atoms. The predicted octanol–water partition coefficient (Wildman–Crippen LogP) is 7.51. The van der Waals surface area contributed by atoms with Crippen molar-refractivity contribution in [2.75, 3.05) is 0 Å². The highest BCUT2D eigenvalue weighted by atomic mass is 31.2. The summed E-state index contributed by atoms with van der Waals surface area (Å²) in [5.74, 6) is 0. The third kappa shape index (κ3) is 6.31. The van der Waals surface area contributed by atoms with E-state index in [1.54, 1.807) is 0 Å². The van der Waals surface area contributed by atoms with Gasteiger partial charge in [0.15, 0.2) is 0 Å². The van der Waals surface area contributed by atoms with Crippen molar-refractivity contribution in [1.29, 1.82) is 0 Å². The maximum Gasteiger partial charge on any atom is 0.205 e. The summed E-state index contributed by atoms with van der Waals surface area (Å²) in [6, 6.07) is 57.2. The number of rotatable bonds is 11. The number of hydrogen-bond donors (Lipinski definition) is 2. The SMILES string of the molecule is O=P(N[C@H](c1ccccc1)[C@H](NP(=O)(c1ccccc1)c1ccccc1)c1ccccc1)(c1ccccc1)c1ccccc1. The molecule has 6 rings (SSSR count). The van der Waals surface area contributed by atoms with Crippen LogP contribution in [0.4, 0.5) is 0 Å². The van der Waals surface area contributed by atoms with Crippen LogP contribution in [0.15, 0.2) is 182 Å². The van der Waals surface area contributed by atoms with Crippen molar-refractivity contribution < 1.29 is 9.13 Å². The Morgan fingerprint density at radius 3 is 0.750 bits per heavy atom. The van der Waals surface area contributed by atoms with Gasteiger partial charge in [-0.1, -0.05) is 133 Å². The van der Waals surface area contributed by atoms with Crippen LogP contribution in [0.1, 0.15) is 23.2 Å². The normalized spacial score (nSPS) is 13.2. The summed E-state index contributed by atoms with van der Waals surface area (Å²) >= 11 is 0. The van der Waals surface area contributed by atoms with Gasteiger partial charge in [-0.15, -0.1) is 0 Å². The van der Waals surface area contributed by atoms with Gasteiger partial charge in [0.25, 0.3) is 0 Å². The van der Waals surface area contributed by atoms with Crippen LogP contribution in [0.2, 0.25) is 0 Å². The molecule has 6 aromatic rings. The average molecular weight is 613 g/mol. The lowest BCUT2D eigenvalue weighted by atomic mass is 9.95. The molecule has 2 atom stereocenters. The van der Waals surface area contributed by atoms with Crippen molar-refractivity contribution in [3.63, 3.8) is 0 Å². The maximum atomic E-state index is 15.4. The lowest BCUT2D eigenvalue weighted by Crippen LogP contribution is -2.40. The van der Waals surface area contributed by atoms with Crippen LogP contribution in [-0.4, -0.2) is 0 Å². The molecule has 0 saturated heterocycles. The molecule has 0 unspecified atom stereocenters. The second-order valence-electron chi connectivity index (χ2n) is 10.6. The predicted molar refractivity (Wildman–Crippen MR) is 184 cm³/mol. The number of nitrogens with one attached hydrogen (secondary N) is 2. The molecule has 0 fully saturated rings. The zero-order valence-electron chi connectivity index (χ0n) is 24.2. The van der Waals surface area contributed by atoms with Gasteiger partial charge in [-0.2, -0.15) is 0 Å². The van der Waals surface area contributed by atoms with Gasteiger partial charge >= 0.3 is 0 Å². The Kier molecular flexibility index (Phi) is 9.17. The summed E-state index contributed by atoms with van der Waals surface area (Å²) < 4.78 is 30.9. The fourth-order valence-corrected chi connectivity index (χ4v) is 10.5. The molecule has 0 amide bonds. The first kappa shape index (κ1) is 29.8. The van der Waals surface area contributed by atoms with Gasteiger partial charge < -0.3 is 0 Å². The standard InChI is InChI=1S/C38H34N2O2P2/c41-43(33-23-11-3-12-24-33,34-25-13-4-14-26-34)39-37(31-19-7-1-8-20-31)38(32-21-9-2-10-22-32)40-44(42,35-27-15-5-16-28-35)36-29-17-6-18-30-36/h1-30,37-38H,(H,39,41)(H,40,42)/t37-,38-/m1/s1. The quantitative estimate of drug-likeness (QED) is 0.149. The Morgan fingerprint density at radius 1 is 0.318 bits per heavy atom.